The second-order valence-electron chi connectivity index (χ2n) is 5.61. The van der Waals surface area contributed by atoms with E-state index in [0.717, 1.165) is 30.2 Å². The van der Waals surface area contributed by atoms with Gasteiger partial charge in [0.25, 0.3) is 0 Å². The number of ether oxygens (including phenoxy) is 2. The molecule has 0 aliphatic heterocycles. The van der Waals surface area contributed by atoms with Crippen LogP contribution in [0.2, 0.25) is 5.02 Å². The Balaban J connectivity index is 2.15. The van der Waals surface area contributed by atoms with Crippen LogP contribution in [-0.4, -0.2) is 29.5 Å². The van der Waals surface area contributed by atoms with Gasteiger partial charge in [0.2, 0.25) is 0 Å². The van der Waals surface area contributed by atoms with Gasteiger partial charge < -0.3 is 9.47 Å². The zero-order valence-corrected chi connectivity index (χ0v) is 14.4. The summed E-state index contributed by atoms with van der Waals surface area (Å²) in [5.41, 5.74) is 1.98. The molecule has 25 heavy (non-hydrogen) atoms. The predicted molar refractivity (Wildman–Crippen MR) is 90.8 cm³/mol. The Morgan fingerprint density at radius 3 is 2.92 bits per heavy atom. The van der Waals surface area contributed by atoms with Crippen molar-refractivity contribution in [2.75, 3.05) is 13.7 Å². The third-order valence-electron chi connectivity index (χ3n) is 4.10. The minimum atomic E-state index is -0.564. The number of esters is 1. The van der Waals surface area contributed by atoms with Crippen LogP contribution in [0.3, 0.4) is 0 Å². The summed E-state index contributed by atoms with van der Waals surface area (Å²) < 4.78 is 26.1. The first-order valence-corrected chi connectivity index (χ1v) is 8.19. The number of nitrogens with zero attached hydrogens (tertiary/aromatic N) is 2. The number of carbonyl (C=O) groups excluding carboxylic acids is 1. The van der Waals surface area contributed by atoms with Crippen molar-refractivity contribution < 1.29 is 18.7 Å². The first-order valence-electron chi connectivity index (χ1n) is 7.81. The van der Waals surface area contributed by atoms with E-state index in [2.05, 4.69) is 11.0 Å². The molecule has 1 aliphatic carbocycles. The lowest BCUT2D eigenvalue weighted by molar-refractivity contribution is 0.0592. The maximum absolute atomic E-state index is 14.5. The molecule has 0 amide bonds. The number of fused-ring (bicyclic) bond motifs is 1. The summed E-state index contributed by atoms with van der Waals surface area (Å²) >= 11 is 6.01. The Morgan fingerprint density at radius 1 is 1.44 bits per heavy atom. The van der Waals surface area contributed by atoms with E-state index in [4.69, 9.17) is 27.5 Å². The van der Waals surface area contributed by atoms with Crippen molar-refractivity contribution in [3.63, 3.8) is 0 Å². The molecule has 1 heterocycles. The van der Waals surface area contributed by atoms with Gasteiger partial charge >= 0.3 is 5.97 Å². The first-order chi connectivity index (χ1) is 12.1. The lowest BCUT2D eigenvalue weighted by atomic mass is 9.95. The molecule has 0 radical (unpaired) electrons. The normalized spacial score (nSPS) is 13.0. The van der Waals surface area contributed by atoms with Crippen LogP contribution in [0.15, 0.2) is 12.1 Å². The maximum Gasteiger partial charge on any atom is 0.358 e. The minimum Gasteiger partial charge on any atom is -0.479 e. The molecule has 3 rings (SSSR count). The Labute approximate surface area is 149 Å². The van der Waals surface area contributed by atoms with Gasteiger partial charge in [0.05, 0.1) is 12.1 Å². The quantitative estimate of drug-likeness (QED) is 0.618. The molecule has 2 aromatic rings. The molecular formula is C18H16ClFN2O3. The lowest BCUT2D eigenvalue weighted by Crippen LogP contribution is -2.10. The van der Waals surface area contributed by atoms with E-state index >= 15 is 0 Å². The molecule has 0 fully saturated rings. The molecule has 0 spiro atoms. The molecule has 0 atom stereocenters. The number of aromatic nitrogens is 2. The minimum absolute atomic E-state index is 0.00934. The number of halogens is 2. The van der Waals surface area contributed by atoms with Crippen molar-refractivity contribution in [3.05, 3.63) is 39.9 Å². The summed E-state index contributed by atoms with van der Waals surface area (Å²) in [5.74, 6) is 1.50. The maximum atomic E-state index is 14.5. The molecule has 1 aromatic carbocycles. The van der Waals surface area contributed by atoms with E-state index in [-0.39, 0.29) is 28.8 Å². The highest BCUT2D eigenvalue weighted by atomic mass is 35.5. The molecule has 0 unspecified atom stereocenters. The largest absolute Gasteiger partial charge is 0.479 e. The molecule has 1 aromatic heterocycles. The Morgan fingerprint density at radius 2 is 2.20 bits per heavy atom. The fourth-order valence-electron chi connectivity index (χ4n) is 2.97. The van der Waals surface area contributed by atoms with Crippen LogP contribution in [0.25, 0.3) is 5.69 Å². The average molecular weight is 363 g/mol. The van der Waals surface area contributed by atoms with E-state index in [0.29, 0.717) is 12.8 Å². The molecule has 0 saturated carbocycles. The SMILES string of the molecule is C#CCOc1cc(-n2nc(C(=O)OC)c3c2CCCC3)c(F)cc1Cl. The number of terminal acetylenes is 1. The van der Waals surface area contributed by atoms with Crippen molar-refractivity contribution in [1.82, 2.24) is 9.78 Å². The second-order valence-corrected chi connectivity index (χ2v) is 6.02. The predicted octanol–water partition coefficient (Wildman–Crippen LogP) is 3.34. The number of methoxy groups -OCH3 is 1. The van der Waals surface area contributed by atoms with Crippen molar-refractivity contribution in [2.24, 2.45) is 0 Å². The fourth-order valence-corrected chi connectivity index (χ4v) is 3.17. The van der Waals surface area contributed by atoms with Crippen molar-refractivity contribution in [2.45, 2.75) is 25.7 Å². The zero-order valence-electron chi connectivity index (χ0n) is 13.6. The molecule has 0 bridgehead atoms. The second kappa shape index (κ2) is 7.16. The van der Waals surface area contributed by atoms with Crippen molar-refractivity contribution in [1.29, 1.82) is 0 Å². The van der Waals surface area contributed by atoms with Gasteiger partial charge in [0.15, 0.2) is 11.5 Å². The van der Waals surface area contributed by atoms with Gasteiger partial charge in [-0.15, -0.1) is 6.42 Å². The Hall–Kier alpha value is -2.52. The number of benzene rings is 1. The van der Waals surface area contributed by atoms with Crippen LogP contribution in [0, 0.1) is 18.2 Å². The summed E-state index contributed by atoms with van der Waals surface area (Å²) in [6, 6.07) is 2.59. The number of carbonyl (C=O) groups is 1. The molecule has 5 nitrogen and oxygen atoms in total. The summed E-state index contributed by atoms with van der Waals surface area (Å²) in [6.07, 6.45) is 8.47. The smallest absolute Gasteiger partial charge is 0.358 e. The van der Waals surface area contributed by atoms with Crippen molar-refractivity contribution in [3.8, 4) is 23.8 Å². The Kier molecular flexibility index (Phi) is 4.95. The number of hydrogen-bond donors (Lipinski definition) is 0. The lowest BCUT2D eigenvalue weighted by Gasteiger charge is -2.15. The third-order valence-corrected chi connectivity index (χ3v) is 4.39. The van der Waals surface area contributed by atoms with Crippen LogP contribution < -0.4 is 4.74 Å². The molecular weight excluding hydrogens is 347 g/mol. The fraction of sp³-hybridized carbons (Fsp3) is 0.333. The summed E-state index contributed by atoms with van der Waals surface area (Å²) in [5, 5.41) is 4.42. The van der Waals surface area contributed by atoms with E-state index in [9.17, 15) is 9.18 Å². The van der Waals surface area contributed by atoms with Crippen molar-refractivity contribution >= 4 is 17.6 Å². The van der Waals surface area contributed by atoms with Crippen LogP contribution in [0.5, 0.6) is 5.75 Å². The van der Waals surface area contributed by atoms with Gasteiger partial charge in [-0.3, -0.25) is 0 Å². The van der Waals surface area contributed by atoms with Gasteiger partial charge in [-0.1, -0.05) is 17.5 Å². The van der Waals surface area contributed by atoms with Gasteiger partial charge in [-0.25, -0.2) is 13.9 Å². The van der Waals surface area contributed by atoms with E-state index in [1.54, 1.807) is 0 Å². The highest BCUT2D eigenvalue weighted by molar-refractivity contribution is 6.32. The highest BCUT2D eigenvalue weighted by Crippen LogP contribution is 2.33. The summed E-state index contributed by atoms with van der Waals surface area (Å²) in [7, 11) is 1.30. The van der Waals surface area contributed by atoms with Crippen LogP contribution >= 0.6 is 11.6 Å². The first kappa shape index (κ1) is 17.3. The number of hydrogen-bond acceptors (Lipinski definition) is 4. The third kappa shape index (κ3) is 3.20. The number of rotatable bonds is 4. The molecule has 7 heteroatoms. The highest BCUT2D eigenvalue weighted by Gasteiger charge is 2.27. The zero-order chi connectivity index (χ0) is 18.0. The molecule has 1 aliphatic rings. The van der Waals surface area contributed by atoms with Crippen LogP contribution in [-0.2, 0) is 17.6 Å². The van der Waals surface area contributed by atoms with Crippen LogP contribution in [0.4, 0.5) is 4.39 Å². The average Bonchev–Trinajstić information content (AvgIpc) is 3.00. The molecule has 0 N–H and O–H groups in total. The molecule has 0 saturated heterocycles. The van der Waals surface area contributed by atoms with Gasteiger partial charge in [0, 0.05) is 17.3 Å². The summed E-state index contributed by atoms with van der Waals surface area (Å²) in [6.45, 7) is 0.00934. The Bertz CT molecular complexity index is 870. The molecule has 130 valence electrons. The van der Waals surface area contributed by atoms with E-state index in [1.165, 1.54) is 17.9 Å². The van der Waals surface area contributed by atoms with Gasteiger partial charge in [0.1, 0.15) is 18.0 Å². The topological polar surface area (TPSA) is 53.4 Å². The van der Waals surface area contributed by atoms with E-state index in [1.807, 2.05) is 0 Å². The van der Waals surface area contributed by atoms with E-state index < -0.39 is 11.8 Å². The van der Waals surface area contributed by atoms with Gasteiger partial charge in [-0.2, -0.15) is 5.10 Å². The summed E-state index contributed by atoms with van der Waals surface area (Å²) in [4.78, 5) is 12.0. The standard InChI is InChI=1S/C18H16ClFN2O3/c1-3-8-25-16-10-15(13(20)9-12(16)19)22-14-7-5-4-6-11(14)17(21-22)18(23)24-2/h1,9-10H,4-8H2,2H3. The van der Waals surface area contributed by atoms with Gasteiger partial charge in [-0.05, 0) is 31.7 Å². The van der Waals surface area contributed by atoms with Crippen LogP contribution in [0.1, 0.15) is 34.6 Å². The monoisotopic (exact) mass is 362 g/mol.